The Morgan fingerprint density at radius 2 is 1.92 bits per heavy atom. The van der Waals surface area contributed by atoms with Crippen molar-refractivity contribution in [1.82, 2.24) is 19.2 Å². The first-order valence-corrected chi connectivity index (χ1v) is 14.1. The second-order valence-corrected chi connectivity index (χ2v) is 11.7. The first-order valence-electron chi connectivity index (χ1n) is 12.6. The fraction of sp³-hybridized carbons (Fsp3) is 0.444. The molecule has 2 aromatic carbocycles. The number of aryl methyl sites for hydroxylation is 1. The van der Waals surface area contributed by atoms with Crippen LogP contribution >= 0.6 is 0 Å². The van der Waals surface area contributed by atoms with Crippen LogP contribution in [-0.4, -0.2) is 56.7 Å². The highest BCUT2D eigenvalue weighted by molar-refractivity contribution is 7.89. The fourth-order valence-electron chi connectivity index (χ4n) is 5.09. The Hall–Kier alpha value is -2.96. The van der Waals surface area contributed by atoms with Crippen LogP contribution in [0.4, 0.5) is 17.6 Å². The van der Waals surface area contributed by atoms with E-state index in [-0.39, 0.29) is 28.4 Å². The van der Waals surface area contributed by atoms with Gasteiger partial charge < -0.3 is 14.2 Å². The van der Waals surface area contributed by atoms with E-state index >= 15 is 0 Å². The SMILES string of the molecule is CNS(=O)(=O)c1cn(C)cn1.COc1cc2c(cc1F)CC(CN1CCC1)C2Cc1cccc(C(F)(F)F)c1. The van der Waals surface area contributed by atoms with Gasteiger partial charge in [-0.2, -0.15) is 13.2 Å². The molecule has 2 heterocycles. The molecule has 0 bridgehead atoms. The summed E-state index contributed by atoms with van der Waals surface area (Å²) in [5.41, 5.74) is 1.98. The lowest BCUT2D eigenvalue weighted by atomic mass is 9.85. The number of halogens is 4. The topological polar surface area (TPSA) is 76.5 Å². The number of fused-ring (bicyclic) bond motifs is 1. The number of ether oxygens (including phenoxy) is 1. The molecule has 0 saturated carbocycles. The molecule has 2 aliphatic rings. The van der Waals surface area contributed by atoms with Crippen molar-refractivity contribution >= 4 is 10.0 Å². The Kier molecular flexibility index (Phi) is 8.67. The Bertz CT molecular complexity index is 1400. The molecule has 0 radical (unpaired) electrons. The van der Waals surface area contributed by atoms with E-state index in [1.54, 1.807) is 23.7 Å². The quantitative estimate of drug-likeness (QED) is 0.428. The lowest BCUT2D eigenvalue weighted by Crippen LogP contribution is -2.41. The molecular formula is C27H32F4N4O3S. The zero-order chi connectivity index (χ0) is 28.4. The summed E-state index contributed by atoms with van der Waals surface area (Å²) in [6.07, 6.45) is 0.948. The molecule has 2 unspecified atom stereocenters. The molecule has 1 N–H and O–H groups in total. The lowest BCUT2D eigenvalue weighted by molar-refractivity contribution is -0.137. The number of rotatable bonds is 7. The Balaban J connectivity index is 0.000000270. The normalized spacial score (nSPS) is 19.2. The zero-order valence-electron chi connectivity index (χ0n) is 22.0. The molecule has 7 nitrogen and oxygen atoms in total. The highest BCUT2D eigenvalue weighted by atomic mass is 32.2. The van der Waals surface area contributed by atoms with Gasteiger partial charge in [0.15, 0.2) is 16.6 Å². The molecule has 1 fully saturated rings. The van der Waals surface area contributed by atoms with E-state index in [2.05, 4.69) is 14.6 Å². The van der Waals surface area contributed by atoms with Gasteiger partial charge in [-0.1, -0.05) is 18.2 Å². The number of nitrogens with one attached hydrogen (secondary N) is 1. The van der Waals surface area contributed by atoms with Gasteiger partial charge in [0.1, 0.15) is 0 Å². The molecule has 1 saturated heterocycles. The van der Waals surface area contributed by atoms with Crippen LogP contribution in [0.25, 0.3) is 0 Å². The first-order chi connectivity index (χ1) is 18.4. The predicted octanol–water partition coefficient (Wildman–Crippen LogP) is 4.39. The third-order valence-corrected chi connectivity index (χ3v) is 8.54. The number of nitrogens with zero attached hydrogens (tertiary/aromatic N) is 3. The number of likely N-dealkylation sites (tertiary alicyclic amines) is 1. The van der Waals surface area contributed by atoms with Crippen molar-refractivity contribution in [3.63, 3.8) is 0 Å². The summed E-state index contributed by atoms with van der Waals surface area (Å²) >= 11 is 0. The van der Waals surface area contributed by atoms with Crippen molar-refractivity contribution in [1.29, 1.82) is 0 Å². The lowest BCUT2D eigenvalue weighted by Gasteiger charge is -2.35. The van der Waals surface area contributed by atoms with E-state index in [4.69, 9.17) is 4.74 Å². The second kappa shape index (κ2) is 11.6. The molecule has 212 valence electrons. The van der Waals surface area contributed by atoms with Crippen LogP contribution in [0, 0.1) is 11.7 Å². The summed E-state index contributed by atoms with van der Waals surface area (Å²) in [6.45, 7) is 3.00. The van der Waals surface area contributed by atoms with Gasteiger partial charge in [-0.15, -0.1) is 0 Å². The van der Waals surface area contributed by atoms with E-state index < -0.39 is 21.8 Å². The number of sulfonamides is 1. The number of alkyl halides is 3. The minimum absolute atomic E-state index is 0.0440. The molecule has 0 amide bonds. The monoisotopic (exact) mass is 568 g/mol. The fourth-order valence-corrected chi connectivity index (χ4v) is 5.79. The molecule has 1 aliphatic carbocycles. The Morgan fingerprint density at radius 3 is 2.49 bits per heavy atom. The maximum Gasteiger partial charge on any atom is 0.416 e. The van der Waals surface area contributed by atoms with E-state index in [0.717, 1.165) is 43.2 Å². The maximum absolute atomic E-state index is 14.2. The van der Waals surface area contributed by atoms with Crippen molar-refractivity contribution in [3.05, 3.63) is 77.0 Å². The summed E-state index contributed by atoms with van der Waals surface area (Å²) < 4.78 is 84.4. The van der Waals surface area contributed by atoms with Crippen LogP contribution in [0.1, 0.15) is 34.6 Å². The first kappa shape index (κ1) is 29.0. The molecule has 2 atom stereocenters. The van der Waals surface area contributed by atoms with Crippen molar-refractivity contribution in [3.8, 4) is 5.75 Å². The summed E-state index contributed by atoms with van der Waals surface area (Å²) in [6, 6.07) is 8.81. The van der Waals surface area contributed by atoms with Gasteiger partial charge in [-0.3, -0.25) is 0 Å². The third kappa shape index (κ3) is 6.79. The van der Waals surface area contributed by atoms with Gasteiger partial charge in [0.25, 0.3) is 10.0 Å². The molecule has 3 aromatic rings. The number of hydrogen-bond acceptors (Lipinski definition) is 5. The average Bonchev–Trinajstić information content (AvgIpc) is 3.44. The highest BCUT2D eigenvalue weighted by Crippen LogP contribution is 2.43. The minimum atomic E-state index is -4.35. The van der Waals surface area contributed by atoms with Gasteiger partial charge in [0, 0.05) is 19.8 Å². The number of imidazole rings is 1. The number of hydrogen-bond donors (Lipinski definition) is 1. The Morgan fingerprint density at radius 1 is 1.18 bits per heavy atom. The van der Waals surface area contributed by atoms with Gasteiger partial charge in [0.05, 0.1) is 19.0 Å². The molecule has 0 spiro atoms. The minimum Gasteiger partial charge on any atom is -0.494 e. The van der Waals surface area contributed by atoms with Crippen LogP contribution < -0.4 is 9.46 Å². The maximum atomic E-state index is 14.2. The van der Waals surface area contributed by atoms with Crippen LogP contribution in [-0.2, 0) is 36.1 Å². The summed E-state index contributed by atoms with van der Waals surface area (Å²) in [7, 11) is 1.13. The molecular weight excluding hydrogens is 536 g/mol. The second-order valence-electron chi connectivity index (χ2n) is 9.90. The average molecular weight is 569 g/mol. The van der Waals surface area contributed by atoms with E-state index in [0.29, 0.717) is 12.0 Å². The summed E-state index contributed by atoms with van der Waals surface area (Å²) in [5, 5.41) is 0.0440. The summed E-state index contributed by atoms with van der Waals surface area (Å²) in [4.78, 5) is 6.04. The number of benzene rings is 2. The molecule has 5 rings (SSSR count). The van der Waals surface area contributed by atoms with Crippen molar-refractivity contribution in [2.24, 2.45) is 13.0 Å². The highest BCUT2D eigenvalue weighted by Gasteiger charge is 2.36. The van der Waals surface area contributed by atoms with Gasteiger partial charge in [-0.05, 0) is 86.1 Å². The van der Waals surface area contributed by atoms with Crippen molar-refractivity contribution in [2.75, 3.05) is 33.8 Å². The zero-order valence-corrected chi connectivity index (χ0v) is 22.8. The standard InChI is InChI=1S/C22H23F4NO.C5H9N3O2S/c1-28-21-12-19-15(11-20(21)23)10-16(13-27-6-3-7-27)18(19)9-14-4-2-5-17(8-14)22(24,25)26;1-6-11(9,10)5-3-8(2)4-7-5/h2,4-5,8,11-12,16,18H,3,6-7,9-10,13H2,1H3;3-4,6H,1-2H3. The van der Waals surface area contributed by atoms with Crippen LogP contribution in [0.15, 0.2) is 53.9 Å². The third-order valence-electron chi connectivity index (χ3n) is 7.24. The number of aromatic nitrogens is 2. The van der Waals surface area contributed by atoms with E-state index in [1.807, 2.05) is 0 Å². The van der Waals surface area contributed by atoms with Crippen LogP contribution in [0.5, 0.6) is 5.75 Å². The largest absolute Gasteiger partial charge is 0.494 e. The van der Waals surface area contributed by atoms with Crippen molar-refractivity contribution in [2.45, 2.75) is 36.4 Å². The van der Waals surface area contributed by atoms with E-state index in [9.17, 15) is 26.0 Å². The van der Waals surface area contributed by atoms with E-state index in [1.165, 1.54) is 51.3 Å². The van der Waals surface area contributed by atoms with Crippen molar-refractivity contribution < 1.29 is 30.7 Å². The smallest absolute Gasteiger partial charge is 0.416 e. The van der Waals surface area contributed by atoms with Gasteiger partial charge in [0.2, 0.25) is 0 Å². The Labute approximate surface area is 225 Å². The summed E-state index contributed by atoms with van der Waals surface area (Å²) in [5.74, 6) is 0.117. The van der Waals surface area contributed by atoms with Gasteiger partial charge >= 0.3 is 6.18 Å². The number of methoxy groups -OCH3 is 1. The van der Waals surface area contributed by atoms with Crippen LogP contribution in [0.3, 0.4) is 0 Å². The predicted molar refractivity (Wildman–Crippen MR) is 139 cm³/mol. The molecule has 12 heteroatoms. The molecule has 39 heavy (non-hydrogen) atoms. The molecule has 1 aliphatic heterocycles. The molecule has 1 aromatic heterocycles. The van der Waals surface area contributed by atoms with Gasteiger partial charge in [-0.25, -0.2) is 22.5 Å². The van der Waals surface area contributed by atoms with Crippen LogP contribution in [0.2, 0.25) is 0 Å².